The molecule has 130 valence electrons. The van der Waals surface area contributed by atoms with Crippen molar-refractivity contribution >= 4 is 11.8 Å². The Morgan fingerprint density at radius 1 is 1.12 bits per heavy atom. The van der Waals surface area contributed by atoms with Crippen LogP contribution in [0.25, 0.3) is 0 Å². The zero-order chi connectivity index (χ0) is 17.8. The molecule has 1 aromatic heterocycles. The summed E-state index contributed by atoms with van der Waals surface area (Å²) in [6.45, 7) is 4.01. The molecule has 1 heterocycles. The molecule has 0 radical (unpaired) electrons. The number of benzene rings is 2. The second-order valence-corrected chi connectivity index (χ2v) is 6.77. The quantitative estimate of drug-likeness (QED) is 0.600. The van der Waals surface area contributed by atoms with Gasteiger partial charge in [0.25, 0.3) is 0 Å². The van der Waals surface area contributed by atoms with Gasteiger partial charge in [0.15, 0.2) is 17.1 Å². The standard InChI is InChI=1S/C19H20FN3OS/c1-13-6-4-5-7-15(13)12-25-19-22-21-18(23(19)3)14(2)24-17-10-8-16(20)9-11-17/h4-11,14H,12H2,1-3H3. The van der Waals surface area contributed by atoms with Gasteiger partial charge in [-0.1, -0.05) is 36.0 Å². The van der Waals surface area contributed by atoms with Crippen LogP contribution in [0, 0.1) is 12.7 Å². The van der Waals surface area contributed by atoms with Gasteiger partial charge in [0, 0.05) is 12.8 Å². The van der Waals surface area contributed by atoms with Crippen LogP contribution in [0.2, 0.25) is 0 Å². The SMILES string of the molecule is Cc1ccccc1CSc1nnc(C(C)Oc2ccc(F)cc2)n1C. The summed E-state index contributed by atoms with van der Waals surface area (Å²) in [5.74, 6) is 1.89. The van der Waals surface area contributed by atoms with E-state index in [0.29, 0.717) is 5.75 Å². The number of aromatic nitrogens is 3. The number of thioether (sulfide) groups is 1. The Morgan fingerprint density at radius 3 is 2.56 bits per heavy atom. The number of aryl methyl sites for hydroxylation is 1. The highest BCUT2D eigenvalue weighted by Crippen LogP contribution is 2.26. The van der Waals surface area contributed by atoms with Crippen LogP contribution in [0.4, 0.5) is 4.39 Å². The van der Waals surface area contributed by atoms with Gasteiger partial charge in [-0.2, -0.15) is 0 Å². The van der Waals surface area contributed by atoms with Crippen molar-refractivity contribution in [1.29, 1.82) is 0 Å². The Balaban J connectivity index is 1.67. The summed E-state index contributed by atoms with van der Waals surface area (Å²) in [6, 6.07) is 14.3. The molecule has 0 spiro atoms. The van der Waals surface area contributed by atoms with Gasteiger partial charge in [-0.25, -0.2) is 4.39 Å². The van der Waals surface area contributed by atoms with Gasteiger partial charge >= 0.3 is 0 Å². The van der Waals surface area contributed by atoms with Crippen LogP contribution in [0.5, 0.6) is 5.75 Å². The Bertz CT molecular complexity index is 848. The zero-order valence-electron chi connectivity index (χ0n) is 14.4. The van der Waals surface area contributed by atoms with Crippen LogP contribution in [0.15, 0.2) is 53.7 Å². The van der Waals surface area contributed by atoms with E-state index in [1.807, 2.05) is 30.7 Å². The first-order valence-corrected chi connectivity index (χ1v) is 9.02. The molecule has 1 atom stereocenters. The molecule has 25 heavy (non-hydrogen) atoms. The maximum atomic E-state index is 13.0. The van der Waals surface area contributed by atoms with Gasteiger partial charge in [0.2, 0.25) is 0 Å². The van der Waals surface area contributed by atoms with E-state index < -0.39 is 0 Å². The first-order valence-electron chi connectivity index (χ1n) is 8.03. The van der Waals surface area contributed by atoms with Gasteiger partial charge < -0.3 is 9.30 Å². The summed E-state index contributed by atoms with van der Waals surface area (Å²) in [5, 5.41) is 9.37. The summed E-state index contributed by atoms with van der Waals surface area (Å²) in [7, 11) is 1.93. The minimum absolute atomic E-state index is 0.282. The van der Waals surface area contributed by atoms with Crippen molar-refractivity contribution in [2.24, 2.45) is 7.05 Å². The number of nitrogens with zero attached hydrogens (tertiary/aromatic N) is 3. The van der Waals surface area contributed by atoms with E-state index in [1.165, 1.54) is 23.3 Å². The first kappa shape index (κ1) is 17.5. The van der Waals surface area contributed by atoms with Crippen LogP contribution in [-0.4, -0.2) is 14.8 Å². The highest BCUT2D eigenvalue weighted by molar-refractivity contribution is 7.98. The minimum atomic E-state index is -0.284. The molecule has 4 nitrogen and oxygen atoms in total. The fourth-order valence-electron chi connectivity index (χ4n) is 2.49. The molecule has 0 fully saturated rings. The van der Waals surface area contributed by atoms with Gasteiger partial charge in [-0.3, -0.25) is 0 Å². The molecule has 1 unspecified atom stereocenters. The van der Waals surface area contributed by atoms with Crippen LogP contribution < -0.4 is 4.74 Å². The van der Waals surface area contributed by atoms with Crippen molar-refractivity contribution < 1.29 is 9.13 Å². The molecule has 6 heteroatoms. The fraction of sp³-hybridized carbons (Fsp3) is 0.263. The number of hydrogen-bond donors (Lipinski definition) is 0. The molecule has 0 amide bonds. The second-order valence-electron chi connectivity index (χ2n) is 5.83. The van der Waals surface area contributed by atoms with Crippen molar-refractivity contribution in [1.82, 2.24) is 14.8 Å². The Kier molecular flexibility index (Phi) is 5.38. The molecule has 0 aliphatic rings. The second kappa shape index (κ2) is 7.70. The third kappa shape index (κ3) is 4.20. The summed E-state index contributed by atoms with van der Waals surface area (Å²) in [5.41, 5.74) is 2.55. The Morgan fingerprint density at radius 2 is 1.84 bits per heavy atom. The molecule has 0 aliphatic carbocycles. The molecule has 3 rings (SSSR count). The van der Waals surface area contributed by atoms with Crippen LogP contribution >= 0.6 is 11.8 Å². The highest BCUT2D eigenvalue weighted by Gasteiger charge is 2.17. The molecule has 3 aromatic rings. The largest absolute Gasteiger partial charge is 0.483 e. The van der Waals surface area contributed by atoms with E-state index in [0.717, 1.165) is 16.7 Å². The van der Waals surface area contributed by atoms with Gasteiger partial charge in [0.05, 0.1) is 0 Å². The van der Waals surface area contributed by atoms with Crippen molar-refractivity contribution in [3.05, 3.63) is 71.3 Å². The molecule has 0 aliphatic heterocycles. The summed E-state index contributed by atoms with van der Waals surface area (Å²) in [6.07, 6.45) is -0.282. The molecule has 0 saturated heterocycles. The van der Waals surface area contributed by atoms with E-state index in [4.69, 9.17) is 4.74 Å². The average Bonchev–Trinajstić information content (AvgIpc) is 2.97. The lowest BCUT2D eigenvalue weighted by molar-refractivity contribution is 0.211. The third-order valence-corrected chi connectivity index (χ3v) is 5.05. The highest BCUT2D eigenvalue weighted by atomic mass is 32.2. The minimum Gasteiger partial charge on any atom is -0.483 e. The monoisotopic (exact) mass is 357 g/mol. The van der Waals surface area contributed by atoms with E-state index in [9.17, 15) is 4.39 Å². The first-order chi connectivity index (χ1) is 12.0. The van der Waals surface area contributed by atoms with Crippen molar-refractivity contribution in [3.8, 4) is 5.75 Å². The van der Waals surface area contributed by atoms with Crippen LogP contribution in [-0.2, 0) is 12.8 Å². The molecular weight excluding hydrogens is 337 g/mol. The predicted molar refractivity (Wildman–Crippen MR) is 97.2 cm³/mol. The predicted octanol–water partition coefficient (Wildman–Crippen LogP) is 4.69. The average molecular weight is 357 g/mol. The van der Waals surface area contributed by atoms with Crippen LogP contribution in [0.3, 0.4) is 0 Å². The van der Waals surface area contributed by atoms with E-state index in [2.05, 4.69) is 29.3 Å². The summed E-state index contributed by atoms with van der Waals surface area (Å²) in [4.78, 5) is 0. The van der Waals surface area contributed by atoms with E-state index >= 15 is 0 Å². The molecule has 0 saturated carbocycles. The normalized spacial score (nSPS) is 12.2. The third-order valence-electron chi connectivity index (χ3n) is 3.98. The number of rotatable bonds is 6. The lowest BCUT2D eigenvalue weighted by Gasteiger charge is -2.14. The molecular formula is C19H20FN3OS. The Hall–Kier alpha value is -2.34. The van der Waals surface area contributed by atoms with Crippen LogP contribution in [0.1, 0.15) is 30.0 Å². The lowest BCUT2D eigenvalue weighted by Crippen LogP contribution is -2.10. The van der Waals surface area contributed by atoms with Gasteiger partial charge in [-0.05, 0) is 49.2 Å². The number of ether oxygens (including phenoxy) is 1. The van der Waals surface area contributed by atoms with Gasteiger partial charge in [-0.15, -0.1) is 10.2 Å². The molecule has 2 aromatic carbocycles. The Labute approximate surface area is 151 Å². The number of hydrogen-bond acceptors (Lipinski definition) is 4. The van der Waals surface area contributed by atoms with Gasteiger partial charge in [0.1, 0.15) is 11.6 Å². The zero-order valence-corrected chi connectivity index (χ0v) is 15.3. The smallest absolute Gasteiger partial charge is 0.191 e. The maximum absolute atomic E-state index is 13.0. The number of halogens is 1. The van der Waals surface area contributed by atoms with E-state index in [1.54, 1.807) is 23.9 Å². The summed E-state index contributed by atoms with van der Waals surface area (Å²) < 4.78 is 20.8. The lowest BCUT2D eigenvalue weighted by atomic mass is 10.1. The molecule has 0 N–H and O–H groups in total. The maximum Gasteiger partial charge on any atom is 0.191 e. The van der Waals surface area contributed by atoms with Crippen molar-refractivity contribution in [3.63, 3.8) is 0 Å². The molecule has 0 bridgehead atoms. The van der Waals surface area contributed by atoms with E-state index in [-0.39, 0.29) is 11.9 Å². The topological polar surface area (TPSA) is 39.9 Å². The summed E-state index contributed by atoms with van der Waals surface area (Å²) >= 11 is 1.65. The fourth-order valence-corrected chi connectivity index (χ4v) is 3.48. The van der Waals surface area contributed by atoms with Crippen molar-refractivity contribution in [2.45, 2.75) is 30.9 Å². The van der Waals surface area contributed by atoms with Crippen molar-refractivity contribution in [2.75, 3.05) is 0 Å².